The van der Waals surface area contributed by atoms with E-state index in [0.29, 0.717) is 27.6 Å². The van der Waals surface area contributed by atoms with Crippen molar-refractivity contribution < 1.29 is 23.6 Å². The van der Waals surface area contributed by atoms with Crippen molar-refractivity contribution in [3.05, 3.63) is 58.9 Å². The normalized spacial score (nSPS) is 10.4. The minimum Gasteiger partial charge on any atom is -0.493 e. The zero-order valence-corrected chi connectivity index (χ0v) is 17.0. The zero-order chi connectivity index (χ0) is 21.5. The Morgan fingerprint density at radius 3 is 2.43 bits per heavy atom. The molecule has 0 radical (unpaired) electrons. The van der Waals surface area contributed by atoms with Crippen LogP contribution in [0.3, 0.4) is 0 Å². The molecule has 1 aromatic heterocycles. The smallest absolute Gasteiger partial charge is 0.316 e. The van der Waals surface area contributed by atoms with Crippen LogP contribution in [0.1, 0.15) is 21.0 Å². The molecule has 10 heteroatoms. The molecule has 0 saturated carbocycles. The monoisotopic (exact) mass is 430 g/mol. The van der Waals surface area contributed by atoms with E-state index in [-0.39, 0.29) is 30.7 Å². The van der Waals surface area contributed by atoms with Gasteiger partial charge in [-0.25, -0.2) is 0 Å². The van der Waals surface area contributed by atoms with Gasteiger partial charge in [-0.05, 0) is 30.3 Å². The van der Waals surface area contributed by atoms with Crippen molar-refractivity contribution in [1.29, 1.82) is 0 Å². The maximum absolute atomic E-state index is 12.2. The molecule has 0 bridgehead atoms. The summed E-state index contributed by atoms with van der Waals surface area (Å²) in [5.41, 5.74) is 1.04. The van der Waals surface area contributed by atoms with Crippen LogP contribution in [0.4, 0.5) is 0 Å². The van der Waals surface area contributed by atoms with Gasteiger partial charge in [0.2, 0.25) is 5.82 Å². The molecule has 2 aromatic carbocycles. The van der Waals surface area contributed by atoms with Crippen LogP contribution in [0.15, 0.2) is 47.0 Å². The van der Waals surface area contributed by atoms with Gasteiger partial charge in [-0.15, -0.1) is 0 Å². The lowest BCUT2D eigenvalue weighted by atomic mass is 10.2. The SMILES string of the molecule is COc1ccc(C(=O)NCCNC(=O)c2nc(-c3cccc(Cl)c3)no2)cc1OC. The average Bonchev–Trinajstić information content (AvgIpc) is 3.26. The Morgan fingerprint density at radius 2 is 1.73 bits per heavy atom. The summed E-state index contributed by atoms with van der Waals surface area (Å²) in [6, 6.07) is 11.7. The molecule has 2 N–H and O–H groups in total. The molecular weight excluding hydrogens is 412 g/mol. The molecule has 2 amide bonds. The number of rotatable bonds is 8. The molecule has 156 valence electrons. The van der Waals surface area contributed by atoms with Crippen molar-refractivity contribution in [2.24, 2.45) is 0 Å². The van der Waals surface area contributed by atoms with Crippen LogP contribution < -0.4 is 20.1 Å². The molecule has 0 fully saturated rings. The first-order valence-corrected chi connectivity index (χ1v) is 9.27. The minimum atomic E-state index is -0.545. The third-order valence-electron chi connectivity index (χ3n) is 4.04. The van der Waals surface area contributed by atoms with Gasteiger partial charge < -0.3 is 24.6 Å². The number of nitrogens with one attached hydrogen (secondary N) is 2. The summed E-state index contributed by atoms with van der Waals surface area (Å²) >= 11 is 5.94. The summed E-state index contributed by atoms with van der Waals surface area (Å²) in [7, 11) is 3.01. The Morgan fingerprint density at radius 1 is 1.00 bits per heavy atom. The molecule has 0 atom stereocenters. The molecule has 0 aliphatic rings. The number of methoxy groups -OCH3 is 2. The fourth-order valence-electron chi connectivity index (χ4n) is 2.57. The van der Waals surface area contributed by atoms with E-state index in [0.717, 1.165) is 0 Å². The van der Waals surface area contributed by atoms with Crippen LogP contribution in [-0.2, 0) is 0 Å². The lowest BCUT2D eigenvalue weighted by molar-refractivity contribution is 0.0898. The van der Waals surface area contributed by atoms with Crippen LogP contribution in [0.25, 0.3) is 11.4 Å². The highest BCUT2D eigenvalue weighted by Crippen LogP contribution is 2.27. The number of hydrogen-bond donors (Lipinski definition) is 2. The molecule has 3 aromatic rings. The number of carbonyl (C=O) groups is 2. The van der Waals surface area contributed by atoms with Crippen LogP contribution in [-0.4, -0.2) is 49.3 Å². The summed E-state index contributed by atoms with van der Waals surface area (Å²) in [5.74, 6) is 0.186. The first-order valence-electron chi connectivity index (χ1n) is 8.90. The van der Waals surface area contributed by atoms with Gasteiger partial charge in [0.05, 0.1) is 14.2 Å². The van der Waals surface area contributed by atoms with Gasteiger partial charge in [0, 0.05) is 29.2 Å². The van der Waals surface area contributed by atoms with E-state index in [2.05, 4.69) is 20.8 Å². The summed E-state index contributed by atoms with van der Waals surface area (Å²) in [6.45, 7) is 0.376. The zero-order valence-electron chi connectivity index (χ0n) is 16.3. The molecule has 0 spiro atoms. The van der Waals surface area contributed by atoms with E-state index in [9.17, 15) is 9.59 Å². The van der Waals surface area contributed by atoms with E-state index in [4.69, 9.17) is 25.6 Å². The third-order valence-corrected chi connectivity index (χ3v) is 4.28. The first kappa shape index (κ1) is 21.1. The topological polar surface area (TPSA) is 116 Å². The molecular formula is C20H19ClN4O5. The number of ether oxygens (including phenoxy) is 2. The third kappa shape index (κ3) is 5.06. The van der Waals surface area contributed by atoms with Crippen LogP contribution in [0.5, 0.6) is 11.5 Å². The molecule has 1 heterocycles. The molecule has 0 aliphatic heterocycles. The van der Waals surface area contributed by atoms with Crippen LogP contribution in [0, 0.1) is 0 Å². The van der Waals surface area contributed by atoms with Crippen molar-refractivity contribution in [1.82, 2.24) is 20.8 Å². The number of hydrogen-bond acceptors (Lipinski definition) is 7. The van der Waals surface area contributed by atoms with Gasteiger partial charge >= 0.3 is 11.8 Å². The number of carbonyl (C=O) groups excluding carboxylic acids is 2. The number of amides is 2. The second kappa shape index (κ2) is 9.75. The van der Waals surface area contributed by atoms with Gasteiger partial charge in [0.15, 0.2) is 11.5 Å². The maximum Gasteiger partial charge on any atom is 0.316 e. The van der Waals surface area contributed by atoms with E-state index >= 15 is 0 Å². The average molecular weight is 431 g/mol. The van der Waals surface area contributed by atoms with Crippen LogP contribution in [0.2, 0.25) is 5.02 Å². The van der Waals surface area contributed by atoms with Crippen molar-refractivity contribution in [2.75, 3.05) is 27.3 Å². The molecule has 0 saturated heterocycles. The van der Waals surface area contributed by atoms with E-state index in [1.54, 1.807) is 42.5 Å². The number of halogens is 1. The van der Waals surface area contributed by atoms with E-state index in [1.807, 2.05) is 0 Å². The molecule has 3 rings (SSSR count). The molecule has 0 unspecified atom stereocenters. The lowest BCUT2D eigenvalue weighted by Crippen LogP contribution is -2.34. The second-order valence-corrected chi connectivity index (χ2v) is 6.45. The largest absolute Gasteiger partial charge is 0.493 e. The fraction of sp³-hybridized carbons (Fsp3) is 0.200. The summed E-state index contributed by atoms with van der Waals surface area (Å²) in [6.07, 6.45) is 0. The number of nitrogens with zero attached hydrogens (tertiary/aromatic N) is 2. The molecule has 9 nitrogen and oxygen atoms in total. The maximum atomic E-state index is 12.2. The van der Waals surface area contributed by atoms with E-state index in [1.165, 1.54) is 14.2 Å². The quantitative estimate of drug-likeness (QED) is 0.527. The number of aromatic nitrogens is 2. The van der Waals surface area contributed by atoms with Crippen molar-refractivity contribution in [3.63, 3.8) is 0 Å². The predicted octanol–water partition coefficient (Wildman–Crippen LogP) is 2.57. The van der Waals surface area contributed by atoms with Gasteiger partial charge in [-0.3, -0.25) is 9.59 Å². The van der Waals surface area contributed by atoms with E-state index < -0.39 is 5.91 Å². The Balaban J connectivity index is 1.50. The summed E-state index contributed by atoms with van der Waals surface area (Å²) in [5, 5.41) is 9.60. The minimum absolute atomic E-state index is 0.173. The first-order chi connectivity index (χ1) is 14.5. The van der Waals surface area contributed by atoms with Gasteiger partial charge in [-0.1, -0.05) is 28.9 Å². The molecule has 30 heavy (non-hydrogen) atoms. The summed E-state index contributed by atoms with van der Waals surface area (Å²) < 4.78 is 15.3. The van der Waals surface area contributed by atoms with Crippen molar-refractivity contribution in [2.45, 2.75) is 0 Å². The van der Waals surface area contributed by atoms with Crippen molar-refractivity contribution >= 4 is 23.4 Å². The number of benzene rings is 2. The van der Waals surface area contributed by atoms with Gasteiger partial charge in [-0.2, -0.15) is 4.98 Å². The molecule has 0 aliphatic carbocycles. The van der Waals surface area contributed by atoms with Crippen LogP contribution >= 0.6 is 11.6 Å². The highest BCUT2D eigenvalue weighted by Gasteiger charge is 2.16. The Hall–Kier alpha value is -3.59. The Bertz CT molecular complexity index is 1050. The second-order valence-electron chi connectivity index (χ2n) is 6.02. The predicted molar refractivity (Wildman–Crippen MR) is 109 cm³/mol. The standard InChI is InChI=1S/C20H19ClN4O5/c1-28-15-7-6-13(11-16(15)29-2)18(26)22-8-9-23-19(27)20-24-17(25-30-20)12-4-3-5-14(21)10-12/h3-7,10-11H,8-9H2,1-2H3,(H,22,26)(H,23,27). The Kier molecular flexibility index (Phi) is 6.87. The fourth-order valence-corrected chi connectivity index (χ4v) is 2.76. The highest BCUT2D eigenvalue weighted by atomic mass is 35.5. The summed E-state index contributed by atoms with van der Waals surface area (Å²) in [4.78, 5) is 28.4. The van der Waals surface area contributed by atoms with Gasteiger partial charge in [0.25, 0.3) is 5.91 Å². The highest BCUT2D eigenvalue weighted by molar-refractivity contribution is 6.30. The van der Waals surface area contributed by atoms with Gasteiger partial charge in [0.1, 0.15) is 0 Å². The lowest BCUT2D eigenvalue weighted by Gasteiger charge is -2.10. The van der Waals surface area contributed by atoms with Crippen molar-refractivity contribution in [3.8, 4) is 22.9 Å². The Labute approximate surface area is 177 Å².